The predicted octanol–water partition coefficient (Wildman–Crippen LogP) is 1.74. The third-order valence-corrected chi connectivity index (χ3v) is 4.15. The van der Waals surface area contributed by atoms with Crippen LogP contribution in [0.1, 0.15) is 34.3 Å². The van der Waals surface area contributed by atoms with E-state index in [4.69, 9.17) is 0 Å². The number of aromatic nitrogens is 2. The number of rotatable bonds is 5. The van der Waals surface area contributed by atoms with Crippen molar-refractivity contribution in [2.75, 3.05) is 13.1 Å². The van der Waals surface area contributed by atoms with Gasteiger partial charge in [-0.1, -0.05) is 12.1 Å². The van der Waals surface area contributed by atoms with E-state index in [-0.39, 0.29) is 18.4 Å². The molecule has 1 aliphatic heterocycles. The van der Waals surface area contributed by atoms with Gasteiger partial charge in [0, 0.05) is 31.4 Å². The number of benzene rings is 1. The third kappa shape index (κ3) is 4.01. The van der Waals surface area contributed by atoms with Crippen LogP contribution in [-0.2, 0) is 17.9 Å². The summed E-state index contributed by atoms with van der Waals surface area (Å²) in [5.41, 5.74) is 2.71. The monoisotopic (exact) mass is 326 g/mol. The number of nitrogens with zero attached hydrogens (tertiary/aromatic N) is 3. The number of likely N-dealkylation sites (tertiary alicyclic amines) is 1. The van der Waals surface area contributed by atoms with Gasteiger partial charge in [0.05, 0.1) is 6.20 Å². The second kappa shape index (κ2) is 7.29. The Labute approximate surface area is 141 Å². The van der Waals surface area contributed by atoms with Gasteiger partial charge in [0.25, 0.3) is 5.91 Å². The van der Waals surface area contributed by atoms with E-state index in [9.17, 15) is 9.59 Å². The Kier molecular flexibility index (Phi) is 4.93. The Hall–Kier alpha value is -2.63. The Morgan fingerprint density at radius 1 is 1.17 bits per heavy atom. The van der Waals surface area contributed by atoms with Crippen LogP contribution in [0.25, 0.3) is 0 Å². The lowest BCUT2D eigenvalue weighted by atomic mass is 10.1. The summed E-state index contributed by atoms with van der Waals surface area (Å²) in [6, 6.07) is 7.45. The standard InChI is InChI=1S/C18H22N4O2/c1-14-10-20-22(12-14)13-17(23)19-11-15-4-6-16(7-5-15)18(24)21-8-2-3-9-21/h4-7,10,12H,2-3,8-9,11,13H2,1H3,(H,19,23). The SMILES string of the molecule is Cc1cnn(CC(=O)NCc2ccc(C(=O)N3CCCC3)cc2)c1. The Balaban J connectivity index is 1.50. The minimum absolute atomic E-state index is 0.0877. The van der Waals surface area contributed by atoms with E-state index in [1.807, 2.05) is 42.3 Å². The summed E-state index contributed by atoms with van der Waals surface area (Å²) in [5, 5.41) is 6.96. The van der Waals surface area contributed by atoms with Crippen LogP contribution in [0.3, 0.4) is 0 Å². The van der Waals surface area contributed by atoms with E-state index in [1.54, 1.807) is 10.9 Å². The second-order valence-electron chi connectivity index (χ2n) is 6.19. The van der Waals surface area contributed by atoms with Gasteiger partial charge in [0.15, 0.2) is 0 Å². The van der Waals surface area contributed by atoms with E-state index in [0.29, 0.717) is 12.1 Å². The van der Waals surface area contributed by atoms with Crippen molar-refractivity contribution in [3.8, 4) is 0 Å². The molecular weight excluding hydrogens is 304 g/mol. The van der Waals surface area contributed by atoms with Crippen LogP contribution in [0.15, 0.2) is 36.7 Å². The number of nitrogens with one attached hydrogen (secondary N) is 1. The van der Waals surface area contributed by atoms with E-state index in [2.05, 4.69) is 10.4 Å². The molecular formula is C18H22N4O2. The van der Waals surface area contributed by atoms with E-state index in [0.717, 1.165) is 37.1 Å². The quantitative estimate of drug-likeness (QED) is 0.910. The van der Waals surface area contributed by atoms with Gasteiger partial charge in [0.2, 0.25) is 5.91 Å². The molecule has 126 valence electrons. The second-order valence-corrected chi connectivity index (χ2v) is 6.19. The summed E-state index contributed by atoms with van der Waals surface area (Å²) < 4.78 is 1.61. The first kappa shape index (κ1) is 16.2. The molecule has 0 aliphatic carbocycles. The maximum atomic E-state index is 12.3. The van der Waals surface area contributed by atoms with Gasteiger partial charge >= 0.3 is 0 Å². The van der Waals surface area contributed by atoms with Crippen LogP contribution in [0.2, 0.25) is 0 Å². The number of amides is 2. The highest BCUT2D eigenvalue weighted by Gasteiger charge is 2.19. The van der Waals surface area contributed by atoms with Crippen LogP contribution in [0, 0.1) is 6.92 Å². The first-order valence-corrected chi connectivity index (χ1v) is 8.26. The van der Waals surface area contributed by atoms with Gasteiger partial charge in [0.1, 0.15) is 6.54 Å². The first-order valence-electron chi connectivity index (χ1n) is 8.26. The van der Waals surface area contributed by atoms with Crippen molar-refractivity contribution in [1.82, 2.24) is 20.0 Å². The normalized spacial score (nSPS) is 14.0. The van der Waals surface area contributed by atoms with Crippen molar-refractivity contribution in [3.05, 3.63) is 53.3 Å². The zero-order valence-corrected chi connectivity index (χ0v) is 13.9. The van der Waals surface area contributed by atoms with Crippen LogP contribution < -0.4 is 5.32 Å². The molecule has 1 fully saturated rings. The minimum Gasteiger partial charge on any atom is -0.350 e. The topological polar surface area (TPSA) is 67.2 Å². The molecule has 1 saturated heterocycles. The smallest absolute Gasteiger partial charge is 0.253 e. The van der Waals surface area contributed by atoms with Crippen molar-refractivity contribution in [1.29, 1.82) is 0 Å². The Bertz CT molecular complexity index is 715. The maximum absolute atomic E-state index is 12.3. The zero-order valence-electron chi connectivity index (χ0n) is 13.9. The molecule has 0 spiro atoms. The summed E-state index contributed by atoms with van der Waals surface area (Å²) in [6.07, 6.45) is 5.74. The van der Waals surface area contributed by atoms with Crippen LogP contribution in [0.5, 0.6) is 0 Å². The van der Waals surface area contributed by atoms with E-state index < -0.39 is 0 Å². The Morgan fingerprint density at radius 2 is 1.88 bits per heavy atom. The Morgan fingerprint density at radius 3 is 2.50 bits per heavy atom. The molecule has 6 nitrogen and oxygen atoms in total. The van der Waals surface area contributed by atoms with Gasteiger partial charge in [-0.15, -0.1) is 0 Å². The van der Waals surface area contributed by atoms with Crippen molar-refractivity contribution in [3.63, 3.8) is 0 Å². The van der Waals surface area contributed by atoms with Gasteiger partial charge in [-0.25, -0.2) is 0 Å². The van der Waals surface area contributed by atoms with E-state index >= 15 is 0 Å². The molecule has 6 heteroatoms. The highest BCUT2D eigenvalue weighted by molar-refractivity contribution is 5.94. The number of carbonyl (C=O) groups is 2. The number of carbonyl (C=O) groups excluding carboxylic acids is 2. The molecule has 2 aromatic rings. The summed E-state index contributed by atoms with van der Waals surface area (Å²) in [6.45, 7) is 4.29. The van der Waals surface area contributed by atoms with Gasteiger partial charge in [-0.3, -0.25) is 14.3 Å². The van der Waals surface area contributed by atoms with Crippen molar-refractivity contribution < 1.29 is 9.59 Å². The van der Waals surface area contributed by atoms with E-state index in [1.165, 1.54) is 0 Å². The fourth-order valence-electron chi connectivity index (χ4n) is 2.83. The van der Waals surface area contributed by atoms with Crippen LogP contribution in [0.4, 0.5) is 0 Å². The molecule has 2 amide bonds. The molecule has 0 radical (unpaired) electrons. The summed E-state index contributed by atoms with van der Waals surface area (Å²) >= 11 is 0. The molecule has 0 saturated carbocycles. The number of aryl methyl sites for hydroxylation is 1. The van der Waals surface area contributed by atoms with Crippen LogP contribution >= 0.6 is 0 Å². The van der Waals surface area contributed by atoms with Gasteiger partial charge < -0.3 is 10.2 Å². The minimum atomic E-state index is -0.0877. The van der Waals surface area contributed by atoms with Crippen molar-refractivity contribution >= 4 is 11.8 Å². The molecule has 1 aromatic heterocycles. The number of hydrogen-bond acceptors (Lipinski definition) is 3. The molecule has 3 rings (SSSR count). The molecule has 1 N–H and O–H groups in total. The predicted molar refractivity (Wildman–Crippen MR) is 90.4 cm³/mol. The average Bonchev–Trinajstić information content (AvgIpc) is 3.25. The molecule has 2 heterocycles. The lowest BCUT2D eigenvalue weighted by Crippen LogP contribution is -2.28. The first-order chi connectivity index (χ1) is 11.6. The highest BCUT2D eigenvalue weighted by atomic mass is 16.2. The highest BCUT2D eigenvalue weighted by Crippen LogP contribution is 2.13. The average molecular weight is 326 g/mol. The molecule has 1 aromatic carbocycles. The zero-order chi connectivity index (χ0) is 16.9. The maximum Gasteiger partial charge on any atom is 0.253 e. The lowest BCUT2D eigenvalue weighted by Gasteiger charge is -2.15. The molecule has 0 atom stereocenters. The summed E-state index contributed by atoms with van der Waals surface area (Å²) in [7, 11) is 0. The number of hydrogen-bond donors (Lipinski definition) is 1. The summed E-state index contributed by atoms with van der Waals surface area (Å²) in [4.78, 5) is 26.1. The summed E-state index contributed by atoms with van der Waals surface area (Å²) in [5.74, 6) is 0.00690. The molecule has 0 bridgehead atoms. The van der Waals surface area contributed by atoms with Crippen molar-refractivity contribution in [2.24, 2.45) is 0 Å². The molecule has 24 heavy (non-hydrogen) atoms. The molecule has 0 unspecified atom stereocenters. The fraction of sp³-hybridized carbons (Fsp3) is 0.389. The van der Waals surface area contributed by atoms with Gasteiger partial charge in [-0.2, -0.15) is 5.10 Å². The fourth-order valence-corrected chi connectivity index (χ4v) is 2.83. The lowest BCUT2D eigenvalue weighted by molar-refractivity contribution is -0.122. The van der Waals surface area contributed by atoms with Crippen LogP contribution in [-0.4, -0.2) is 39.6 Å². The van der Waals surface area contributed by atoms with Crippen molar-refractivity contribution in [2.45, 2.75) is 32.9 Å². The molecule has 1 aliphatic rings. The third-order valence-electron chi connectivity index (χ3n) is 4.15. The largest absolute Gasteiger partial charge is 0.350 e. The van der Waals surface area contributed by atoms with Gasteiger partial charge in [-0.05, 0) is 43.0 Å².